The summed E-state index contributed by atoms with van der Waals surface area (Å²) >= 11 is 6.21. The number of ether oxygens (including phenoxy) is 1. The summed E-state index contributed by atoms with van der Waals surface area (Å²) in [6.45, 7) is 7.50. The standard InChI is InChI=1S/C30H35ClN4O/c1-22-29(10-5-11-30(22)36-26-9-4-8-25(20-26)33(2)3)35-17-15-34(16-18-35)14-6-7-23-21-32-28-13-12-24(31)19-27(23)28/h4-5,8-13,19-21,32H,6-7,14-18H2,1-3H3. The average Bonchev–Trinajstić information content (AvgIpc) is 3.28. The summed E-state index contributed by atoms with van der Waals surface area (Å²) in [6, 6.07) is 20.7. The number of H-pyrrole nitrogens is 1. The quantitative estimate of drug-likeness (QED) is 0.289. The van der Waals surface area contributed by atoms with Crippen LogP contribution in [0.25, 0.3) is 10.9 Å². The number of piperazine rings is 1. The van der Waals surface area contributed by atoms with Gasteiger partial charge in [-0.15, -0.1) is 0 Å². The molecule has 2 heterocycles. The Labute approximate surface area is 219 Å². The van der Waals surface area contributed by atoms with Crippen molar-refractivity contribution in [3.63, 3.8) is 0 Å². The summed E-state index contributed by atoms with van der Waals surface area (Å²) in [4.78, 5) is 10.5. The van der Waals surface area contributed by atoms with E-state index in [1.807, 2.05) is 32.3 Å². The van der Waals surface area contributed by atoms with Crippen LogP contribution >= 0.6 is 11.6 Å². The maximum Gasteiger partial charge on any atom is 0.132 e. The second-order valence-electron chi connectivity index (χ2n) is 9.83. The van der Waals surface area contributed by atoms with E-state index in [1.165, 1.54) is 22.2 Å². The summed E-state index contributed by atoms with van der Waals surface area (Å²) < 4.78 is 6.30. The molecule has 5 rings (SSSR count). The molecule has 0 aliphatic carbocycles. The number of aromatic nitrogens is 1. The third-order valence-corrected chi connectivity index (χ3v) is 7.42. The molecule has 0 saturated carbocycles. The van der Waals surface area contributed by atoms with Gasteiger partial charge in [0.2, 0.25) is 0 Å². The minimum atomic E-state index is 0.798. The van der Waals surface area contributed by atoms with Crippen molar-refractivity contribution in [3.05, 3.63) is 83.0 Å². The van der Waals surface area contributed by atoms with Crippen molar-refractivity contribution in [2.75, 3.05) is 56.6 Å². The molecule has 5 nitrogen and oxygen atoms in total. The second kappa shape index (κ2) is 10.9. The highest BCUT2D eigenvalue weighted by molar-refractivity contribution is 6.31. The van der Waals surface area contributed by atoms with Crippen molar-refractivity contribution in [3.8, 4) is 11.5 Å². The lowest BCUT2D eigenvalue weighted by molar-refractivity contribution is 0.255. The Kier molecular flexibility index (Phi) is 7.40. The molecule has 0 radical (unpaired) electrons. The van der Waals surface area contributed by atoms with Crippen LogP contribution in [-0.4, -0.2) is 56.7 Å². The predicted molar refractivity (Wildman–Crippen MR) is 152 cm³/mol. The Morgan fingerprint density at radius 3 is 2.58 bits per heavy atom. The Balaban J connectivity index is 1.16. The normalized spacial score (nSPS) is 14.4. The molecule has 1 fully saturated rings. The van der Waals surface area contributed by atoms with Gasteiger partial charge in [-0.25, -0.2) is 0 Å². The number of hydrogen-bond acceptors (Lipinski definition) is 4. The number of rotatable bonds is 8. The number of anilines is 2. The SMILES string of the molecule is Cc1c(Oc2cccc(N(C)C)c2)cccc1N1CCN(CCCc2c[nH]c3ccc(Cl)cc23)CC1. The first-order chi connectivity index (χ1) is 17.5. The minimum absolute atomic E-state index is 0.798. The number of hydrogen-bond donors (Lipinski definition) is 1. The summed E-state index contributed by atoms with van der Waals surface area (Å²) in [5.41, 5.74) is 6.11. The average molecular weight is 503 g/mol. The molecule has 1 aliphatic heterocycles. The molecule has 0 amide bonds. The maximum atomic E-state index is 6.30. The molecule has 3 aromatic carbocycles. The number of halogens is 1. The Morgan fingerprint density at radius 2 is 1.78 bits per heavy atom. The van der Waals surface area contributed by atoms with Crippen LogP contribution in [-0.2, 0) is 6.42 Å². The zero-order valence-corrected chi connectivity index (χ0v) is 22.2. The van der Waals surface area contributed by atoms with E-state index < -0.39 is 0 Å². The Hall–Kier alpha value is -3.15. The fraction of sp³-hybridized carbons (Fsp3) is 0.333. The summed E-state index contributed by atoms with van der Waals surface area (Å²) in [5, 5.41) is 2.05. The van der Waals surface area contributed by atoms with E-state index in [9.17, 15) is 0 Å². The van der Waals surface area contributed by atoms with E-state index in [-0.39, 0.29) is 0 Å². The summed E-state index contributed by atoms with van der Waals surface area (Å²) in [6.07, 6.45) is 4.34. The van der Waals surface area contributed by atoms with Gasteiger partial charge in [-0.1, -0.05) is 23.7 Å². The first-order valence-corrected chi connectivity index (χ1v) is 13.1. The van der Waals surface area contributed by atoms with Gasteiger partial charge in [0.25, 0.3) is 0 Å². The van der Waals surface area contributed by atoms with E-state index in [4.69, 9.17) is 16.3 Å². The van der Waals surface area contributed by atoms with Gasteiger partial charge in [-0.3, -0.25) is 4.90 Å². The van der Waals surface area contributed by atoms with E-state index >= 15 is 0 Å². The highest BCUT2D eigenvalue weighted by Gasteiger charge is 2.20. The molecule has 0 unspecified atom stereocenters. The van der Waals surface area contributed by atoms with Crippen LogP contribution in [0.2, 0.25) is 5.02 Å². The van der Waals surface area contributed by atoms with Gasteiger partial charge in [0.15, 0.2) is 0 Å². The van der Waals surface area contributed by atoms with Gasteiger partial charge >= 0.3 is 0 Å². The molecule has 0 atom stereocenters. The number of fused-ring (bicyclic) bond motifs is 1. The Morgan fingerprint density at radius 1 is 0.972 bits per heavy atom. The van der Waals surface area contributed by atoms with Crippen LogP contribution < -0.4 is 14.5 Å². The number of nitrogens with zero attached hydrogens (tertiary/aromatic N) is 3. The van der Waals surface area contributed by atoms with Crippen molar-refractivity contribution in [2.24, 2.45) is 0 Å². The van der Waals surface area contributed by atoms with E-state index in [2.05, 4.69) is 75.3 Å². The molecule has 0 spiro atoms. The highest BCUT2D eigenvalue weighted by Crippen LogP contribution is 2.33. The molecule has 1 N–H and O–H groups in total. The van der Waals surface area contributed by atoms with Gasteiger partial charge in [0.05, 0.1) is 0 Å². The molecular formula is C30H35ClN4O. The van der Waals surface area contributed by atoms with Gasteiger partial charge in [0, 0.05) is 85.4 Å². The van der Waals surface area contributed by atoms with Crippen LogP contribution in [0.1, 0.15) is 17.5 Å². The summed E-state index contributed by atoms with van der Waals surface area (Å²) in [7, 11) is 4.09. The van der Waals surface area contributed by atoms with Crippen LogP contribution in [0.3, 0.4) is 0 Å². The molecule has 36 heavy (non-hydrogen) atoms. The Bertz CT molecular complexity index is 1320. The monoisotopic (exact) mass is 502 g/mol. The lowest BCUT2D eigenvalue weighted by Crippen LogP contribution is -2.46. The second-order valence-corrected chi connectivity index (χ2v) is 10.3. The van der Waals surface area contributed by atoms with Crippen molar-refractivity contribution in [2.45, 2.75) is 19.8 Å². The van der Waals surface area contributed by atoms with Crippen molar-refractivity contribution >= 4 is 33.9 Å². The number of benzene rings is 3. The molecule has 1 aromatic heterocycles. The van der Waals surface area contributed by atoms with E-state index in [1.54, 1.807) is 0 Å². The van der Waals surface area contributed by atoms with Crippen molar-refractivity contribution in [1.29, 1.82) is 0 Å². The fourth-order valence-corrected chi connectivity index (χ4v) is 5.24. The third kappa shape index (κ3) is 5.48. The smallest absolute Gasteiger partial charge is 0.132 e. The molecule has 6 heteroatoms. The lowest BCUT2D eigenvalue weighted by atomic mass is 10.1. The van der Waals surface area contributed by atoms with Crippen molar-refractivity contribution < 1.29 is 4.74 Å². The lowest BCUT2D eigenvalue weighted by Gasteiger charge is -2.37. The topological polar surface area (TPSA) is 34.7 Å². The van der Waals surface area contributed by atoms with E-state index in [0.717, 1.165) is 73.3 Å². The van der Waals surface area contributed by atoms with Crippen LogP contribution in [0.5, 0.6) is 11.5 Å². The first kappa shape index (κ1) is 24.5. The molecule has 1 aliphatic rings. The van der Waals surface area contributed by atoms with Gasteiger partial charge in [0.1, 0.15) is 11.5 Å². The molecule has 4 aromatic rings. The third-order valence-electron chi connectivity index (χ3n) is 7.18. The van der Waals surface area contributed by atoms with Crippen LogP contribution in [0, 0.1) is 6.92 Å². The fourth-order valence-electron chi connectivity index (χ4n) is 5.07. The van der Waals surface area contributed by atoms with Gasteiger partial charge < -0.3 is 19.5 Å². The zero-order chi connectivity index (χ0) is 25.1. The zero-order valence-electron chi connectivity index (χ0n) is 21.4. The number of nitrogens with one attached hydrogen (secondary N) is 1. The molecule has 0 bridgehead atoms. The number of aryl methyl sites for hydroxylation is 1. The molecule has 1 saturated heterocycles. The number of aromatic amines is 1. The minimum Gasteiger partial charge on any atom is -0.457 e. The maximum absolute atomic E-state index is 6.30. The van der Waals surface area contributed by atoms with Crippen LogP contribution in [0.4, 0.5) is 11.4 Å². The van der Waals surface area contributed by atoms with Crippen LogP contribution in [0.15, 0.2) is 66.9 Å². The molecular weight excluding hydrogens is 468 g/mol. The van der Waals surface area contributed by atoms with Crippen molar-refractivity contribution in [1.82, 2.24) is 9.88 Å². The highest BCUT2D eigenvalue weighted by atomic mass is 35.5. The van der Waals surface area contributed by atoms with Gasteiger partial charge in [-0.05, 0) is 74.3 Å². The summed E-state index contributed by atoms with van der Waals surface area (Å²) in [5.74, 6) is 1.79. The van der Waals surface area contributed by atoms with E-state index in [0.29, 0.717) is 0 Å². The van der Waals surface area contributed by atoms with Gasteiger partial charge in [-0.2, -0.15) is 0 Å². The molecule has 188 valence electrons. The first-order valence-electron chi connectivity index (χ1n) is 12.8. The predicted octanol–water partition coefficient (Wildman–Crippen LogP) is 6.74. The largest absolute Gasteiger partial charge is 0.457 e.